The summed E-state index contributed by atoms with van der Waals surface area (Å²) in [5, 5.41) is 7.01. The zero-order valence-electron chi connectivity index (χ0n) is 5.88. The Morgan fingerprint density at radius 1 is 1.33 bits per heavy atom. The molecule has 0 aromatic carbocycles. The molecule has 9 heavy (non-hydrogen) atoms. The normalized spacial score (nSPS) is 13.7. The fourth-order valence-electron chi connectivity index (χ4n) is 0.296. The van der Waals surface area contributed by atoms with Gasteiger partial charge in [0.1, 0.15) is 7.11 Å². The molecular weight excluding hydrogens is 118 g/mol. The van der Waals surface area contributed by atoms with E-state index in [1.165, 1.54) is 7.11 Å². The van der Waals surface area contributed by atoms with Crippen molar-refractivity contribution in [2.24, 2.45) is 16.1 Å². The van der Waals surface area contributed by atoms with Crippen LogP contribution in [0.1, 0.15) is 13.8 Å². The van der Waals surface area contributed by atoms with Crippen molar-refractivity contribution in [3.8, 4) is 0 Å². The molecule has 0 saturated carbocycles. The Morgan fingerprint density at radius 3 is 2.22 bits per heavy atom. The van der Waals surface area contributed by atoms with Gasteiger partial charge in [0.2, 0.25) is 0 Å². The minimum Gasteiger partial charge on any atom is -0.399 e. The third kappa shape index (κ3) is 2.69. The topological polar surface area (TPSA) is 60.0 Å². The summed E-state index contributed by atoms with van der Waals surface area (Å²) in [6, 6.07) is 0. The van der Waals surface area contributed by atoms with Crippen molar-refractivity contribution in [1.29, 1.82) is 0 Å². The van der Waals surface area contributed by atoms with Crippen molar-refractivity contribution in [2.45, 2.75) is 13.8 Å². The lowest BCUT2D eigenvalue weighted by Gasteiger charge is -1.93. The summed E-state index contributed by atoms with van der Waals surface area (Å²) in [6.07, 6.45) is 0. The van der Waals surface area contributed by atoms with Crippen molar-refractivity contribution in [3.05, 3.63) is 0 Å². The van der Waals surface area contributed by atoms with Gasteiger partial charge in [0.05, 0.1) is 11.4 Å². The van der Waals surface area contributed by atoms with Gasteiger partial charge >= 0.3 is 0 Å². The number of nitrogens with two attached hydrogens (primary N) is 1. The first kappa shape index (κ1) is 7.94. The molecule has 0 unspecified atom stereocenters. The van der Waals surface area contributed by atoms with Gasteiger partial charge in [0, 0.05) is 0 Å². The van der Waals surface area contributed by atoms with Gasteiger partial charge < -0.3 is 10.7 Å². The van der Waals surface area contributed by atoms with Gasteiger partial charge in [0.15, 0.2) is 0 Å². The molecule has 0 bridgehead atoms. The molecule has 0 atom stereocenters. The van der Waals surface area contributed by atoms with Crippen LogP contribution in [-0.4, -0.2) is 18.5 Å². The number of oxime groups is 1. The van der Waals surface area contributed by atoms with Crippen molar-refractivity contribution in [2.75, 3.05) is 7.11 Å². The van der Waals surface area contributed by atoms with E-state index in [-0.39, 0.29) is 0 Å². The third-order valence-electron chi connectivity index (χ3n) is 0.945. The Kier molecular flexibility index (Phi) is 3.43. The first-order chi connectivity index (χ1) is 4.22. The second kappa shape index (κ2) is 3.88. The smallest absolute Gasteiger partial charge is 0.106 e. The average molecular weight is 129 g/mol. The SMILES string of the molecule is CO/N=C(\C)C(C)=NN. The molecule has 0 radical (unpaired) electrons. The van der Waals surface area contributed by atoms with E-state index in [1.807, 2.05) is 0 Å². The zero-order valence-corrected chi connectivity index (χ0v) is 5.88. The maximum atomic E-state index is 4.95. The highest BCUT2D eigenvalue weighted by Gasteiger charge is 1.93. The van der Waals surface area contributed by atoms with Crippen molar-refractivity contribution >= 4 is 11.4 Å². The molecular formula is C5H11N3O. The molecule has 4 heteroatoms. The molecule has 0 rings (SSSR count). The van der Waals surface area contributed by atoms with Crippen LogP contribution in [-0.2, 0) is 4.84 Å². The molecule has 4 nitrogen and oxygen atoms in total. The largest absolute Gasteiger partial charge is 0.399 e. The lowest BCUT2D eigenvalue weighted by molar-refractivity contribution is 0.214. The molecule has 0 aliphatic rings. The summed E-state index contributed by atoms with van der Waals surface area (Å²) in [5.41, 5.74) is 1.37. The van der Waals surface area contributed by atoms with Gasteiger partial charge in [0.25, 0.3) is 0 Å². The summed E-state index contributed by atoms with van der Waals surface area (Å²) < 4.78 is 0. The second-order valence-electron chi connectivity index (χ2n) is 1.57. The van der Waals surface area contributed by atoms with E-state index in [1.54, 1.807) is 13.8 Å². The number of hydrazone groups is 1. The molecule has 0 heterocycles. The van der Waals surface area contributed by atoms with Gasteiger partial charge in [-0.2, -0.15) is 5.10 Å². The first-order valence-electron chi connectivity index (χ1n) is 2.55. The van der Waals surface area contributed by atoms with Crippen LogP contribution in [0.25, 0.3) is 0 Å². The molecule has 2 N–H and O–H groups in total. The Labute approximate surface area is 54.4 Å². The summed E-state index contributed by atoms with van der Waals surface area (Å²) in [5.74, 6) is 4.95. The van der Waals surface area contributed by atoms with E-state index in [0.29, 0.717) is 11.4 Å². The number of rotatable bonds is 2. The van der Waals surface area contributed by atoms with E-state index in [2.05, 4.69) is 15.1 Å². The zero-order chi connectivity index (χ0) is 7.28. The van der Waals surface area contributed by atoms with Gasteiger partial charge in [-0.3, -0.25) is 0 Å². The van der Waals surface area contributed by atoms with Crippen molar-refractivity contribution in [3.63, 3.8) is 0 Å². The Balaban J connectivity index is 4.03. The van der Waals surface area contributed by atoms with Crippen LogP contribution >= 0.6 is 0 Å². The summed E-state index contributed by atoms with van der Waals surface area (Å²) in [4.78, 5) is 4.48. The van der Waals surface area contributed by atoms with Crippen LogP contribution in [0.4, 0.5) is 0 Å². The van der Waals surface area contributed by atoms with E-state index in [0.717, 1.165) is 0 Å². The van der Waals surface area contributed by atoms with Crippen LogP contribution in [0.15, 0.2) is 10.3 Å². The predicted molar refractivity (Wildman–Crippen MR) is 37.4 cm³/mol. The molecule has 0 aromatic rings. The fraction of sp³-hybridized carbons (Fsp3) is 0.600. The number of hydrogen-bond acceptors (Lipinski definition) is 4. The Bertz CT molecular complexity index is 139. The van der Waals surface area contributed by atoms with Crippen molar-refractivity contribution < 1.29 is 4.84 Å². The quantitative estimate of drug-likeness (QED) is 0.332. The standard InChI is InChI=1S/C5H11N3O/c1-4(7-6)5(2)8-9-3/h6H2,1-3H3/b7-4?,8-5+. The minimum atomic E-state index is 0.678. The van der Waals surface area contributed by atoms with Gasteiger partial charge in [-0.15, -0.1) is 0 Å². The molecule has 0 fully saturated rings. The monoisotopic (exact) mass is 129 g/mol. The van der Waals surface area contributed by atoms with Gasteiger partial charge in [-0.05, 0) is 13.8 Å². The van der Waals surface area contributed by atoms with E-state index in [4.69, 9.17) is 5.84 Å². The highest BCUT2D eigenvalue weighted by molar-refractivity contribution is 6.40. The number of hydrogen-bond donors (Lipinski definition) is 1. The minimum absolute atomic E-state index is 0.678. The molecule has 0 spiro atoms. The Morgan fingerprint density at radius 2 is 1.89 bits per heavy atom. The predicted octanol–water partition coefficient (Wildman–Crippen LogP) is 0.343. The van der Waals surface area contributed by atoms with Gasteiger partial charge in [-0.25, -0.2) is 0 Å². The summed E-state index contributed by atoms with van der Waals surface area (Å²) in [7, 11) is 1.48. The molecule has 0 aliphatic heterocycles. The molecule has 0 amide bonds. The molecule has 52 valence electrons. The average Bonchev–Trinajstić information content (AvgIpc) is 1.87. The van der Waals surface area contributed by atoms with E-state index >= 15 is 0 Å². The summed E-state index contributed by atoms with van der Waals surface area (Å²) in [6.45, 7) is 3.53. The number of nitrogens with zero attached hydrogens (tertiary/aromatic N) is 2. The molecule has 0 aliphatic carbocycles. The van der Waals surface area contributed by atoms with E-state index < -0.39 is 0 Å². The highest BCUT2D eigenvalue weighted by Crippen LogP contribution is 1.81. The molecule has 0 saturated heterocycles. The second-order valence-corrected chi connectivity index (χ2v) is 1.57. The van der Waals surface area contributed by atoms with E-state index in [9.17, 15) is 0 Å². The lowest BCUT2D eigenvalue weighted by atomic mass is 10.3. The maximum Gasteiger partial charge on any atom is 0.106 e. The fourth-order valence-corrected chi connectivity index (χ4v) is 0.296. The maximum absolute atomic E-state index is 4.95. The Hall–Kier alpha value is -1.06. The van der Waals surface area contributed by atoms with Crippen LogP contribution < -0.4 is 5.84 Å². The van der Waals surface area contributed by atoms with Gasteiger partial charge in [-0.1, -0.05) is 5.16 Å². The van der Waals surface area contributed by atoms with Crippen LogP contribution in [0.2, 0.25) is 0 Å². The summed E-state index contributed by atoms with van der Waals surface area (Å²) >= 11 is 0. The lowest BCUT2D eigenvalue weighted by Crippen LogP contribution is -2.08. The van der Waals surface area contributed by atoms with Crippen LogP contribution in [0.3, 0.4) is 0 Å². The third-order valence-corrected chi connectivity index (χ3v) is 0.945. The first-order valence-corrected chi connectivity index (χ1v) is 2.55. The highest BCUT2D eigenvalue weighted by atomic mass is 16.6. The van der Waals surface area contributed by atoms with Crippen LogP contribution in [0, 0.1) is 0 Å². The van der Waals surface area contributed by atoms with Crippen molar-refractivity contribution in [1.82, 2.24) is 0 Å². The van der Waals surface area contributed by atoms with Crippen LogP contribution in [0.5, 0.6) is 0 Å². The molecule has 0 aromatic heterocycles.